The Kier molecular flexibility index (Phi) is 5.24. The van der Waals surface area contributed by atoms with Gasteiger partial charge in [0.25, 0.3) is 5.56 Å². The maximum Gasteiger partial charge on any atom is 0.254 e. The van der Waals surface area contributed by atoms with Gasteiger partial charge < -0.3 is 15.2 Å². The zero-order valence-electron chi connectivity index (χ0n) is 16.2. The van der Waals surface area contributed by atoms with E-state index in [0.29, 0.717) is 17.1 Å². The van der Waals surface area contributed by atoms with Crippen molar-refractivity contribution in [3.8, 4) is 11.4 Å². The summed E-state index contributed by atoms with van der Waals surface area (Å²) in [4.78, 5) is 25.8. The van der Waals surface area contributed by atoms with Crippen molar-refractivity contribution < 1.29 is 4.39 Å². The molecule has 2 aromatic heterocycles. The number of hydrogen-bond donors (Lipinski definition) is 2. The van der Waals surface area contributed by atoms with Crippen LogP contribution in [-0.2, 0) is 0 Å². The highest BCUT2D eigenvalue weighted by Gasteiger charge is 2.23. The summed E-state index contributed by atoms with van der Waals surface area (Å²) >= 11 is 5.90. The fraction of sp³-hybridized carbons (Fsp3) is 0.286. The summed E-state index contributed by atoms with van der Waals surface area (Å²) < 4.78 is 13.4. The fourth-order valence-electron chi connectivity index (χ4n) is 3.40. The van der Waals surface area contributed by atoms with Gasteiger partial charge in [-0.3, -0.25) is 4.79 Å². The van der Waals surface area contributed by atoms with Crippen LogP contribution in [0.3, 0.4) is 0 Å². The molecule has 3 heterocycles. The summed E-state index contributed by atoms with van der Waals surface area (Å²) in [6.07, 6.45) is 2.63. The first-order valence-electron chi connectivity index (χ1n) is 9.41. The monoisotopic (exact) mass is 413 g/mol. The smallest absolute Gasteiger partial charge is 0.254 e. The van der Waals surface area contributed by atoms with E-state index in [4.69, 9.17) is 11.6 Å². The quantitative estimate of drug-likeness (QED) is 0.677. The third-order valence-electron chi connectivity index (χ3n) is 5.24. The Morgan fingerprint density at radius 1 is 1.28 bits per heavy atom. The Morgan fingerprint density at radius 2 is 2.10 bits per heavy atom. The van der Waals surface area contributed by atoms with Crippen LogP contribution >= 0.6 is 11.6 Å². The molecule has 0 radical (unpaired) electrons. The van der Waals surface area contributed by atoms with E-state index < -0.39 is 5.82 Å². The van der Waals surface area contributed by atoms with Gasteiger partial charge in [-0.15, -0.1) is 0 Å². The summed E-state index contributed by atoms with van der Waals surface area (Å²) in [7, 11) is 0. The zero-order valence-corrected chi connectivity index (χ0v) is 16.9. The van der Waals surface area contributed by atoms with Crippen LogP contribution in [0.2, 0.25) is 5.02 Å². The normalized spacial score (nSPS) is 16.3. The van der Waals surface area contributed by atoms with E-state index in [0.717, 1.165) is 36.6 Å². The lowest BCUT2D eigenvalue weighted by Gasteiger charge is -2.19. The third-order valence-corrected chi connectivity index (χ3v) is 5.53. The molecule has 8 heteroatoms. The minimum absolute atomic E-state index is 0.133. The molecule has 1 saturated heterocycles. The number of nitrogens with one attached hydrogen (secondary N) is 2. The van der Waals surface area contributed by atoms with Gasteiger partial charge in [0.2, 0.25) is 0 Å². The van der Waals surface area contributed by atoms with E-state index in [1.54, 1.807) is 25.3 Å². The largest absolute Gasteiger partial charge is 0.369 e. The number of nitrogens with zero attached hydrogens (tertiary/aromatic N) is 3. The highest BCUT2D eigenvalue weighted by Crippen LogP contribution is 2.26. The number of H-pyrrole nitrogens is 1. The van der Waals surface area contributed by atoms with Crippen LogP contribution < -0.4 is 15.8 Å². The molecule has 0 saturated carbocycles. The second-order valence-corrected chi connectivity index (χ2v) is 7.64. The molecule has 2 N–H and O–H groups in total. The van der Waals surface area contributed by atoms with Gasteiger partial charge in [-0.1, -0.05) is 11.6 Å². The Labute approximate surface area is 172 Å². The average molecular weight is 414 g/mol. The van der Waals surface area contributed by atoms with Gasteiger partial charge in [0, 0.05) is 47.8 Å². The molecule has 1 fully saturated rings. The summed E-state index contributed by atoms with van der Waals surface area (Å²) in [5.74, 6) is 0.856. The van der Waals surface area contributed by atoms with Crippen LogP contribution in [0.5, 0.6) is 0 Å². The highest BCUT2D eigenvalue weighted by molar-refractivity contribution is 6.31. The van der Waals surface area contributed by atoms with Crippen molar-refractivity contribution in [2.24, 2.45) is 0 Å². The summed E-state index contributed by atoms with van der Waals surface area (Å²) in [5, 5.41) is 3.56. The van der Waals surface area contributed by atoms with Gasteiger partial charge in [-0.25, -0.2) is 14.4 Å². The maximum absolute atomic E-state index is 13.4. The predicted octanol–water partition coefficient (Wildman–Crippen LogP) is 3.93. The molecule has 1 aromatic carbocycles. The number of aromatic nitrogens is 3. The molecule has 1 unspecified atom stereocenters. The van der Waals surface area contributed by atoms with Gasteiger partial charge >= 0.3 is 0 Å². The second kappa shape index (κ2) is 7.83. The molecule has 29 heavy (non-hydrogen) atoms. The molecule has 1 aliphatic rings. The number of anilines is 2. The number of aromatic amines is 1. The lowest BCUT2D eigenvalue weighted by molar-refractivity contribution is 0.628. The van der Waals surface area contributed by atoms with E-state index in [-0.39, 0.29) is 16.6 Å². The van der Waals surface area contributed by atoms with E-state index >= 15 is 0 Å². The third kappa shape index (κ3) is 4.10. The van der Waals surface area contributed by atoms with Gasteiger partial charge in [0.1, 0.15) is 17.5 Å². The number of halogens is 2. The minimum Gasteiger partial charge on any atom is -0.369 e. The molecule has 1 aliphatic heterocycles. The molecule has 150 valence electrons. The first-order chi connectivity index (χ1) is 13.9. The zero-order chi connectivity index (χ0) is 20.5. The van der Waals surface area contributed by atoms with E-state index in [2.05, 4.69) is 25.2 Å². The second-order valence-electron chi connectivity index (χ2n) is 7.23. The Hall–Kier alpha value is -2.93. The predicted molar refractivity (Wildman–Crippen MR) is 113 cm³/mol. The molecule has 0 bridgehead atoms. The van der Waals surface area contributed by atoms with Crippen molar-refractivity contribution in [1.29, 1.82) is 0 Å². The lowest BCUT2D eigenvalue weighted by Crippen LogP contribution is -2.26. The molecule has 4 rings (SSSR count). The van der Waals surface area contributed by atoms with E-state index in [1.807, 2.05) is 19.1 Å². The molecule has 3 aromatic rings. The Bertz CT molecular complexity index is 1100. The van der Waals surface area contributed by atoms with Crippen molar-refractivity contribution in [1.82, 2.24) is 15.0 Å². The standard InChI is InChI=1S/C21H21ClFN5O/c1-12-13(2)25-20(27-21(12)29)14-3-6-19(24-10-14)26-15-7-8-28(11-15)16-4-5-18(23)17(22)9-16/h3-6,9-10,15H,7-8,11H2,1-2H3,(H,24,26)(H,25,27,29). The van der Waals surface area contributed by atoms with Crippen molar-refractivity contribution in [3.05, 3.63) is 69.0 Å². The van der Waals surface area contributed by atoms with E-state index in [9.17, 15) is 9.18 Å². The van der Waals surface area contributed by atoms with Crippen molar-refractivity contribution in [3.63, 3.8) is 0 Å². The Balaban J connectivity index is 1.43. The first-order valence-corrected chi connectivity index (χ1v) is 9.79. The van der Waals surface area contributed by atoms with E-state index in [1.165, 1.54) is 6.07 Å². The number of hydrogen-bond acceptors (Lipinski definition) is 5. The van der Waals surface area contributed by atoms with Gasteiger partial charge in [-0.2, -0.15) is 0 Å². The van der Waals surface area contributed by atoms with Gasteiger partial charge in [0.15, 0.2) is 0 Å². The van der Waals surface area contributed by atoms with Crippen molar-refractivity contribution in [2.75, 3.05) is 23.3 Å². The first kappa shape index (κ1) is 19.4. The number of rotatable bonds is 4. The SMILES string of the molecule is Cc1nc(-c2ccc(NC3CCN(c4ccc(F)c(Cl)c4)C3)nc2)[nH]c(=O)c1C. The minimum atomic E-state index is -0.409. The van der Waals surface area contributed by atoms with Crippen LogP contribution in [0.4, 0.5) is 15.9 Å². The molecule has 6 nitrogen and oxygen atoms in total. The molecule has 0 aliphatic carbocycles. The molecule has 0 amide bonds. The molecular formula is C21H21ClFN5O. The van der Waals surface area contributed by atoms with Crippen molar-refractivity contribution in [2.45, 2.75) is 26.3 Å². The van der Waals surface area contributed by atoms with Gasteiger partial charge in [-0.05, 0) is 50.6 Å². The molecule has 1 atom stereocenters. The Morgan fingerprint density at radius 3 is 2.79 bits per heavy atom. The van der Waals surface area contributed by atoms with Crippen LogP contribution in [0.15, 0.2) is 41.3 Å². The average Bonchev–Trinajstić information content (AvgIpc) is 3.17. The summed E-state index contributed by atoms with van der Waals surface area (Å²) in [5.41, 5.74) is 2.85. The summed E-state index contributed by atoms with van der Waals surface area (Å²) in [6, 6.07) is 8.77. The lowest BCUT2D eigenvalue weighted by atomic mass is 10.2. The van der Waals surface area contributed by atoms with Crippen LogP contribution in [0.25, 0.3) is 11.4 Å². The van der Waals surface area contributed by atoms with Gasteiger partial charge in [0.05, 0.1) is 5.02 Å². The topological polar surface area (TPSA) is 73.9 Å². The number of aryl methyl sites for hydroxylation is 1. The fourth-order valence-corrected chi connectivity index (χ4v) is 3.58. The summed E-state index contributed by atoms with van der Waals surface area (Å²) in [6.45, 7) is 5.20. The molecule has 0 spiro atoms. The number of pyridine rings is 1. The van der Waals surface area contributed by atoms with Crippen LogP contribution in [0.1, 0.15) is 17.7 Å². The van der Waals surface area contributed by atoms with Crippen molar-refractivity contribution >= 4 is 23.1 Å². The van der Waals surface area contributed by atoms with Crippen LogP contribution in [-0.4, -0.2) is 34.1 Å². The maximum atomic E-state index is 13.4. The molecular weight excluding hydrogens is 393 g/mol. The highest BCUT2D eigenvalue weighted by atomic mass is 35.5. The number of benzene rings is 1. The van der Waals surface area contributed by atoms with Crippen LogP contribution in [0, 0.1) is 19.7 Å².